The molecule has 1 amide bonds. The molecule has 0 aliphatic heterocycles. The number of nitrogens with zero attached hydrogens (tertiary/aromatic N) is 1. The van der Waals surface area contributed by atoms with Gasteiger partial charge in [0.05, 0.1) is 16.7 Å². The van der Waals surface area contributed by atoms with Crippen molar-refractivity contribution in [3.05, 3.63) is 28.3 Å². The second-order valence-corrected chi connectivity index (χ2v) is 2.26. The van der Waals surface area contributed by atoms with E-state index in [0.717, 1.165) is 12.1 Å². The molecule has 0 heterocycles. The van der Waals surface area contributed by atoms with Gasteiger partial charge in [0.2, 0.25) is 6.41 Å². The molecule has 2 N–H and O–H groups in total. The fourth-order valence-corrected chi connectivity index (χ4v) is 0.852. The number of rotatable bonds is 3. The first kappa shape index (κ1) is 8.98. The van der Waals surface area contributed by atoms with Gasteiger partial charge >= 0.3 is 0 Å². The zero-order chi connectivity index (χ0) is 9.84. The largest absolute Gasteiger partial charge is 0.508 e. The van der Waals surface area contributed by atoms with Gasteiger partial charge in [0.15, 0.2) is 0 Å². The lowest BCUT2D eigenvalue weighted by molar-refractivity contribution is -0.384. The molecular weight excluding hydrogens is 176 g/mol. The monoisotopic (exact) mass is 182 g/mol. The molecule has 0 aliphatic rings. The minimum Gasteiger partial charge on any atom is -0.508 e. The van der Waals surface area contributed by atoms with Gasteiger partial charge in [-0.05, 0) is 0 Å². The fourth-order valence-electron chi connectivity index (χ4n) is 0.852. The number of phenolic OH excluding ortho intramolecular Hbond substituents is 1. The number of carbonyl (C=O) groups is 1. The van der Waals surface area contributed by atoms with Gasteiger partial charge in [-0.2, -0.15) is 0 Å². The maximum absolute atomic E-state index is 10.3. The lowest BCUT2D eigenvalue weighted by Crippen LogP contribution is -1.95. The van der Waals surface area contributed by atoms with E-state index in [2.05, 4.69) is 5.32 Å². The van der Waals surface area contributed by atoms with Gasteiger partial charge in [0.25, 0.3) is 5.69 Å². The Morgan fingerprint density at radius 1 is 1.46 bits per heavy atom. The summed E-state index contributed by atoms with van der Waals surface area (Å²) in [4.78, 5) is 19.6. The van der Waals surface area contributed by atoms with E-state index in [-0.39, 0.29) is 17.1 Å². The van der Waals surface area contributed by atoms with Crippen LogP contribution in [0.4, 0.5) is 11.4 Å². The molecule has 0 aliphatic carbocycles. The van der Waals surface area contributed by atoms with Crippen molar-refractivity contribution in [2.45, 2.75) is 0 Å². The van der Waals surface area contributed by atoms with Crippen molar-refractivity contribution in [1.82, 2.24) is 0 Å². The lowest BCUT2D eigenvalue weighted by Gasteiger charge is -1.99. The van der Waals surface area contributed by atoms with Crippen molar-refractivity contribution in [2.75, 3.05) is 5.32 Å². The molecule has 0 unspecified atom stereocenters. The number of hydrogen-bond donors (Lipinski definition) is 2. The summed E-state index contributed by atoms with van der Waals surface area (Å²) in [7, 11) is 0. The number of aromatic hydroxyl groups is 1. The third-order valence-electron chi connectivity index (χ3n) is 1.34. The van der Waals surface area contributed by atoms with Gasteiger partial charge in [-0.25, -0.2) is 0 Å². The standard InChI is InChI=1S/C7H6N2O4/c10-4-8-5-1-6(9(12)13)3-7(11)2-5/h1-4,11H,(H,8,10). The van der Waals surface area contributed by atoms with Crippen LogP contribution in [0.1, 0.15) is 0 Å². The van der Waals surface area contributed by atoms with E-state index in [9.17, 15) is 14.9 Å². The van der Waals surface area contributed by atoms with Crippen molar-refractivity contribution in [1.29, 1.82) is 0 Å². The molecule has 1 rings (SSSR count). The summed E-state index contributed by atoms with van der Waals surface area (Å²) < 4.78 is 0. The van der Waals surface area contributed by atoms with Crippen molar-refractivity contribution in [3.8, 4) is 5.75 Å². The number of nitro benzene ring substituents is 1. The Bertz CT molecular complexity index is 350. The Labute approximate surface area is 73.0 Å². The Balaban J connectivity index is 3.10. The molecule has 6 heteroatoms. The number of benzene rings is 1. The fraction of sp³-hybridized carbons (Fsp3) is 0. The number of non-ortho nitro benzene ring substituents is 1. The molecule has 6 nitrogen and oxygen atoms in total. The molecule has 68 valence electrons. The van der Waals surface area contributed by atoms with Gasteiger partial charge in [0, 0.05) is 12.1 Å². The van der Waals surface area contributed by atoms with Crippen LogP contribution in [0.5, 0.6) is 5.75 Å². The van der Waals surface area contributed by atoms with Crippen LogP contribution in [0.3, 0.4) is 0 Å². The molecule has 0 saturated heterocycles. The molecule has 0 saturated carbocycles. The van der Waals surface area contributed by atoms with Crippen molar-refractivity contribution in [2.24, 2.45) is 0 Å². The number of nitro groups is 1. The highest BCUT2D eigenvalue weighted by molar-refractivity contribution is 5.73. The average molecular weight is 182 g/mol. The van der Waals surface area contributed by atoms with Crippen LogP contribution in [0, 0.1) is 10.1 Å². The van der Waals surface area contributed by atoms with E-state index in [1.54, 1.807) is 0 Å². The molecule has 0 spiro atoms. The van der Waals surface area contributed by atoms with E-state index < -0.39 is 4.92 Å². The highest BCUT2D eigenvalue weighted by Gasteiger charge is 2.08. The number of phenols is 1. The highest BCUT2D eigenvalue weighted by Crippen LogP contribution is 2.24. The molecule has 13 heavy (non-hydrogen) atoms. The van der Waals surface area contributed by atoms with Gasteiger partial charge < -0.3 is 10.4 Å². The third kappa shape index (κ3) is 2.16. The average Bonchev–Trinajstić information content (AvgIpc) is 2.03. The zero-order valence-corrected chi connectivity index (χ0v) is 6.43. The molecule has 0 atom stereocenters. The predicted molar refractivity (Wildman–Crippen MR) is 44.4 cm³/mol. The SMILES string of the molecule is O=CNc1cc(O)cc([N+](=O)[O-])c1. The summed E-state index contributed by atoms with van der Waals surface area (Å²) in [6.45, 7) is 0. The molecule has 1 aromatic rings. The Morgan fingerprint density at radius 3 is 2.69 bits per heavy atom. The number of nitrogens with one attached hydrogen (secondary N) is 1. The van der Waals surface area contributed by atoms with Crippen molar-refractivity contribution < 1.29 is 14.8 Å². The minimum absolute atomic E-state index is 0.182. The van der Waals surface area contributed by atoms with Crippen LogP contribution in [-0.4, -0.2) is 16.4 Å². The summed E-state index contributed by atoms with van der Waals surface area (Å²) in [5, 5.41) is 21.5. The minimum atomic E-state index is -0.657. The third-order valence-corrected chi connectivity index (χ3v) is 1.34. The Kier molecular flexibility index (Phi) is 2.44. The summed E-state index contributed by atoms with van der Waals surface area (Å²) in [6, 6.07) is 3.35. The summed E-state index contributed by atoms with van der Waals surface area (Å²) in [5.74, 6) is -0.265. The summed E-state index contributed by atoms with van der Waals surface area (Å²) in [5.41, 5.74) is -0.0916. The van der Waals surface area contributed by atoms with Gasteiger partial charge in [-0.1, -0.05) is 0 Å². The molecule has 0 fully saturated rings. The van der Waals surface area contributed by atoms with E-state index in [1.165, 1.54) is 6.07 Å². The molecule has 0 bridgehead atoms. The summed E-state index contributed by atoms with van der Waals surface area (Å²) in [6.07, 6.45) is 0.374. The number of amides is 1. The van der Waals surface area contributed by atoms with Crippen LogP contribution in [0.2, 0.25) is 0 Å². The van der Waals surface area contributed by atoms with Gasteiger partial charge in [-0.15, -0.1) is 0 Å². The second kappa shape index (κ2) is 3.53. The molecular formula is C7H6N2O4. The smallest absolute Gasteiger partial charge is 0.275 e. The maximum Gasteiger partial charge on any atom is 0.275 e. The van der Waals surface area contributed by atoms with E-state index in [0.29, 0.717) is 6.41 Å². The van der Waals surface area contributed by atoms with Gasteiger partial charge in [0.1, 0.15) is 5.75 Å². The van der Waals surface area contributed by atoms with E-state index in [1.807, 2.05) is 0 Å². The topological polar surface area (TPSA) is 92.5 Å². The van der Waals surface area contributed by atoms with Crippen LogP contribution < -0.4 is 5.32 Å². The summed E-state index contributed by atoms with van der Waals surface area (Å²) >= 11 is 0. The predicted octanol–water partition coefficient (Wildman–Crippen LogP) is 0.869. The highest BCUT2D eigenvalue weighted by atomic mass is 16.6. The van der Waals surface area contributed by atoms with E-state index >= 15 is 0 Å². The van der Waals surface area contributed by atoms with Crippen LogP contribution >= 0.6 is 0 Å². The second-order valence-electron chi connectivity index (χ2n) is 2.26. The first-order valence-electron chi connectivity index (χ1n) is 3.32. The molecule has 0 radical (unpaired) electrons. The van der Waals surface area contributed by atoms with Crippen LogP contribution in [-0.2, 0) is 4.79 Å². The van der Waals surface area contributed by atoms with Crippen molar-refractivity contribution in [3.63, 3.8) is 0 Å². The number of hydrogen-bond acceptors (Lipinski definition) is 4. The Hall–Kier alpha value is -2.11. The van der Waals surface area contributed by atoms with Gasteiger partial charge in [-0.3, -0.25) is 14.9 Å². The molecule has 1 aromatic carbocycles. The molecule has 0 aromatic heterocycles. The Morgan fingerprint density at radius 2 is 2.15 bits per heavy atom. The van der Waals surface area contributed by atoms with Crippen molar-refractivity contribution >= 4 is 17.8 Å². The van der Waals surface area contributed by atoms with Crippen LogP contribution in [0.25, 0.3) is 0 Å². The first-order valence-corrected chi connectivity index (χ1v) is 3.32. The zero-order valence-electron chi connectivity index (χ0n) is 6.43. The van der Waals surface area contributed by atoms with E-state index in [4.69, 9.17) is 5.11 Å². The first-order chi connectivity index (χ1) is 6.13. The quantitative estimate of drug-likeness (QED) is 0.412. The number of carbonyl (C=O) groups excluding carboxylic acids is 1. The lowest BCUT2D eigenvalue weighted by atomic mass is 10.2. The normalized spacial score (nSPS) is 9.23. The maximum atomic E-state index is 10.3. The van der Waals surface area contributed by atoms with Crippen LogP contribution in [0.15, 0.2) is 18.2 Å². The number of anilines is 1.